The van der Waals surface area contributed by atoms with Gasteiger partial charge in [-0.3, -0.25) is 9.59 Å². The maximum absolute atomic E-state index is 14.8. The molecule has 1 aromatic heterocycles. The van der Waals surface area contributed by atoms with Crippen LogP contribution in [0.2, 0.25) is 0 Å². The predicted molar refractivity (Wildman–Crippen MR) is 147 cm³/mol. The van der Waals surface area contributed by atoms with Crippen molar-refractivity contribution in [1.29, 1.82) is 0 Å². The van der Waals surface area contributed by atoms with E-state index < -0.39 is 45.1 Å². The maximum atomic E-state index is 14.8. The fraction of sp³-hybridized carbons (Fsp3) is 0.379. The first-order valence-electron chi connectivity index (χ1n) is 13.6. The molecule has 3 aliphatic rings. The molecule has 2 aliphatic carbocycles. The third kappa shape index (κ3) is 5.92. The van der Waals surface area contributed by atoms with Crippen LogP contribution in [0.15, 0.2) is 59.8 Å². The molecule has 1 aliphatic heterocycles. The zero-order chi connectivity index (χ0) is 30.7. The third-order valence-corrected chi connectivity index (χ3v) is 8.97. The Kier molecular flexibility index (Phi) is 6.94. The van der Waals surface area contributed by atoms with Crippen molar-refractivity contribution in [3.8, 4) is 0 Å². The number of anilines is 2. The number of sulfone groups is 1. The topological polar surface area (TPSA) is 113 Å². The van der Waals surface area contributed by atoms with Gasteiger partial charge in [0.1, 0.15) is 6.04 Å². The molecular formula is C29H27F4N5O4S. The standard InChI is InChI=1S/C29H27F4N5O4S/c1-43(41,42)22-8-9-23-18(12-22)16-38(26(40)28(30)10-11-28)24(23)25(39)36-20-13-34-27(35-14-20)37(21-6-7-21)15-17-2-4-19(5-3-17)29(31,32)33/h2-5,8-9,12-14,21,24H,6-7,10-11,15-16H2,1H3,(H,36,39)/t24-/m1/s1. The molecule has 0 unspecified atom stereocenters. The number of carbonyl (C=O) groups excluding carboxylic acids is 2. The van der Waals surface area contributed by atoms with Crippen molar-refractivity contribution < 1.29 is 35.6 Å². The van der Waals surface area contributed by atoms with Crippen LogP contribution in [0.3, 0.4) is 0 Å². The van der Waals surface area contributed by atoms with Gasteiger partial charge in [-0.25, -0.2) is 22.8 Å². The number of fused-ring (bicyclic) bond motifs is 1. The number of hydrogen-bond donors (Lipinski definition) is 1. The highest BCUT2D eigenvalue weighted by atomic mass is 32.2. The van der Waals surface area contributed by atoms with Crippen molar-refractivity contribution in [2.45, 2.75) is 67.6 Å². The van der Waals surface area contributed by atoms with Crippen molar-refractivity contribution in [3.63, 3.8) is 0 Å². The van der Waals surface area contributed by atoms with E-state index in [1.165, 1.54) is 42.7 Å². The van der Waals surface area contributed by atoms with Gasteiger partial charge in [0.15, 0.2) is 15.5 Å². The van der Waals surface area contributed by atoms with Gasteiger partial charge in [0.2, 0.25) is 5.95 Å². The summed E-state index contributed by atoms with van der Waals surface area (Å²) in [5, 5.41) is 2.68. The number of aromatic nitrogens is 2. The number of amides is 2. The summed E-state index contributed by atoms with van der Waals surface area (Å²) in [5.74, 6) is -1.12. The molecule has 0 radical (unpaired) electrons. The lowest BCUT2D eigenvalue weighted by Crippen LogP contribution is -2.41. The molecule has 6 rings (SSSR count). The SMILES string of the molecule is CS(=O)(=O)c1ccc2c(c1)CN(C(=O)C1(F)CC1)[C@H]2C(=O)Nc1cnc(N(Cc2ccc(C(F)(F)F)cc2)C2CC2)nc1. The average molecular weight is 618 g/mol. The fourth-order valence-corrected chi connectivity index (χ4v) is 5.87. The lowest BCUT2D eigenvalue weighted by Gasteiger charge is -2.26. The smallest absolute Gasteiger partial charge is 0.334 e. The van der Waals surface area contributed by atoms with E-state index in [2.05, 4.69) is 15.3 Å². The van der Waals surface area contributed by atoms with Gasteiger partial charge in [-0.2, -0.15) is 13.2 Å². The molecule has 0 bridgehead atoms. The van der Waals surface area contributed by atoms with E-state index in [1.54, 1.807) is 0 Å². The van der Waals surface area contributed by atoms with Crippen LogP contribution in [-0.4, -0.2) is 53.1 Å². The number of hydrogen-bond acceptors (Lipinski definition) is 7. The van der Waals surface area contributed by atoms with Gasteiger partial charge in [0.25, 0.3) is 11.8 Å². The molecule has 2 fully saturated rings. The van der Waals surface area contributed by atoms with Crippen LogP contribution in [0.25, 0.3) is 0 Å². The Morgan fingerprint density at radius 1 is 1.07 bits per heavy atom. The van der Waals surface area contributed by atoms with Gasteiger partial charge in [0.05, 0.1) is 28.5 Å². The Morgan fingerprint density at radius 2 is 1.72 bits per heavy atom. The van der Waals surface area contributed by atoms with Gasteiger partial charge >= 0.3 is 6.18 Å². The average Bonchev–Trinajstić information content (AvgIpc) is 3.89. The number of nitrogens with one attached hydrogen (secondary N) is 1. The van der Waals surface area contributed by atoms with Crippen molar-refractivity contribution in [2.75, 3.05) is 16.5 Å². The Morgan fingerprint density at radius 3 is 2.28 bits per heavy atom. The summed E-state index contributed by atoms with van der Waals surface area (Å²) in [6, 6.07) is 8.06. The van der Waals surface area contributed by atoms with E-state index in [0.29, 0.717) is 29.2 Å². The summed E-state index contributed by atoms with van der Waals surface area (Å²) in [6.07, 6.45) is 1.27. The zero-order valence-corrected chi connectivity index (χ0v) is 23.8. The number of nitrogens with zero attached hydrogens (tertiary/aromatic N) is 4. The molecule has 9 nitrogen and oxygen atoms in total. The monoisotopic (exact) mass is 617 g/mol. The summed E-state index contributed by atoms with van der Waals surface area (Å²) in [6.45, 7) is 0.182. The second kappa shape index (κ2) is 10.3. The van der Waals surface area contributed by atoms with Crippen LogP contribution >= 0.6 is 0 Å². The van der Waals surface area contributed by atoms with Gasteiger partial charge in [0, 0.05) is 25.4 Å². The summed E-state index contributed by atoms with van der Waals surface area (Å²) in [4.78, 5) is 38.3. The van der Waals surface area contributed by atoms with E-state index in [1.807, 2.05) is 4.90 Å². The molecular weight excluding hydrogens is 590 g/mol. The normalized spacial score (nSPS) is 19.1. The Labute approximate surface area is 244 Å². The summed E-state index contributed by atoms with van der Waals surface area (Å²) < 4.78 is 77.8. The molecule has 2 heterocycles. The molecule has 3 aromatic rings. The van der Waals surface area contributed by atoms with E-state index in [4.69, 9.17) is 0 Å². The number of rotatable bonds is 8. The van der Waals surface area contributed by atoms with Gasteiger partial charge < -0.3 is 15.1 Å². The minimum Gasteiger partial charge on any atom is -0.334 e. The fourth-order valence-electron chi connectivity index (χ4n) is 5.20. The Balaban J connectivity index is 1.20. The van der Waals surface area contributed by atoms with Crippen molar-refractivity contribution >= 4 is 33.3 Å². The van der Waals surface area contributed by atoms with Gasteiger partial charge in [-0.05, 0) is 66.6 Å². The molecule has 2 aromatic carbocycles. The van der Waals surface area contributed by atoms with E-state index in [9.17, 15) is 35.6 Å². The zero-order valence-electron chi connectivity index (χ0n) is 22.9. The minimum atomic E-state index is -4.42. The first kappa shape index (κ1) is 29.0. The summed E-state index contributed by atoms with van der Waals surface area (Å²) in [7, 11) is -3.55. The predicted octanol–water partition coefficient (Wildman–Crippen LogP) is 4.59. The summed E-state index contributed by atoms with van der Waals surface area (Å²) in [5.41, 5.74) is -1.05. The molecule has 0 saturated heterocycles. The second-order valence-electron chi connectivity index (χ2n) is 11.2. The summed E-state index contributed by atoms with van der Waals surface area (Å²) >= 11 is 0. The highest BCUT2D eigenvalue weighted by Crippen LogP contribution is 2.46. The number of carbonyl (C=O) groups is 2. The van der Waals surface area contributed by atoms with Crippen LogP contribution in [0.4, 0.5) is 29.2 Å². The van der Waals surface area contributed by atoms with Crippen LogP contribution in [0, 0.1) is 0 Å². The van der Waals surface area contributed by atoms with E-state index in [0.717, 1.165) is 36.1 Å². The van der Waals surface area contributed by atoms with Gasteiger partial charge in [-0.1, -0.05) is 18.2 Å². The second-order valence-corrected chi connectivity index (χ2v) is 13.3. The molecule has 226 valence electrons. The highest BCUT2D eigenvalue weighted by molar-refractivity contribution is 7.90. The molecule has 0 spiro atoms. The molecule has 1 atom stereocenters. The molecule has 1 N–H and O–H groups in total. The molecule has 43 heavy (non-hydrogen) atoms. The maximum Gasteiger partial charge on any atom is 0.416 e. The van der Waals surface area contributed by atoms with Crippen molar-refractivity contribution in [3.05, 3.63) is 77.1 Å². The van der Waals surface area contributed by atoms with E-state index >= 15 is 0 Å². The van der Waals surface area contributed by atoms with Crippen LogP contribution in [0.5, 0.6) is 0 Å². The lowest BCUT2D eigenvalue weighted by molar-refractivity contribution is -0.144. The van der Waals surface area contributed by atoms with Crippen LogP contribution < -0.4 is 10.2 Å². The quantitative estimate of drug-likeness (QED) is 0.368. The number of halogens is 4. The first-order chi connectivity index (χ1) is 20.2. The van der Waals surface area contributed by atoms with Crippen LogP contribution in [-0.2, 0) is 38.7 Å². The Hall–Kier alpha value is -4.07. The largest absolute Gasteiger partial charge is 0.416 e. The van der Waals surface area contributed by atoms with Crippen LogP contribution in [0.1, 0.15) is 54.0 Å². The van der Waals surface area contributed by atoms with E-state index in [-0.39, 0.29) is 36.0 Å². The highest BCUT2D eigenvalue weighted by Gasteiger charge is 2.56. The Bertz CT molecular complexity index is 1690. The molecule has 14 heteroatoms. The molecule has 2 amide bonds. The van der Waals surface area contributed by atoms with Gasteiger partial charge in [-0.15, -0.1) is 0 Å². The molecule has 2 saturated carbocycles. The number of alkyl halides is 4. The van der Waals surface area contributed by atoms with Crippen molar-refractivity contribution in [2.24, 2.45) is 0 Å². The minimum absolute atomic E-state index is 0.0293. The van der Waals surface area contributed by atoms with Crippen molar-refractivity contribution in [1.82, 2.24) is 14.9 Å². The lowest BCUT2D eigenvalue weighted by atomic mass is 10.0. The first-order valence-corrected chi connectivity index (χ1v) is 15.5. The number of benzene rings is 2. The third-order valence-electron chi connectivity index (χ3n) is 7.86.